The fourth-order valence-corrected chi connectivity index (χ4v) is 2.61. The van der Waals surface area contributed by atoms with Crippen LogP contribution >= 0.6 is 0 Å². The van der Waals surface area contributed by atoms with E-state index >= 15 is 0 Å². The number of nitrogens with zero attached hydrogens (tertiary/aromatic N) is 1. The largest absolute Gasteiger partial charge is 0.513 e. The summed E-state index contributed by atoms with van der Waals surface area (Å²) in [6.07, 6.45) is 0.303. The van der Waals surface area contributed by atoms with E-state index in [9.17, 15) is 9.90 Å². The summed E-state index contributed by atoms with van der Waals surface area (Å²) in [6, 6.07) is 16.5. The molecule has 2 amide bonds. The van der Waals surface area contributed by atoms with Gasteiger partial charge in [0.25, 0.3) is 0 Å². The normalized spacial score (nSPS) is 11.7. The lowest BCUT2D eigenvalue weighted by Crippen LogP contribution is -2.43. The number of hydrogen-bond donors (Lipinski definition) is 3. The van der Waals surface area contributed by atoms with Crippen LogP contribution < -0.4 is 15.4 Å². The molecule has 144 valence electrons. The van der Waals surface area contributed by atoms with Crippen molar-refractivity contribution >= 4 is 11.7 Å². The first kappa shape index (κ1) is 20.3. The van der Waals surface area contributed by atoms with E-state index in [1.165, 1.54) is 0 Å². The number of aliphatic hydroxyl groups is 1. The Morgan fingerprint density at radius 2 is 1.81 bits per heavy atom. The van der Waals surface area contributed by atoms with Crippen LogP contribution in [0.25, 0.3) is 0 Å². The van der Waals surface area contributed by atoms with E-state index in [-0.39, 0.29) is 17.8 Å². The Morgan fingerprint density at radius 3 is 2.41 bits per heavy atom. The Hall–Kier alpha value is -2.99. The molecular formula is C21H27N3O3. The lowest BCUT2D eigenvalue weighted by atomic mass is 10.2. The van der Waals surface area contributed by atoms with Crippen LogP contribution in [0.4, 0.5) is 10.5 Å². The van der Waals surface area contributed by atoms with Gasteiger partial charge in [0.15, 0.2) is 0 Å². The molecule has 0 fully saturated rings. The van der Waals surface area contributed by atoms with Gasteiger partial charge >= 0.3 is 6.03 Å². The lowest BCUT2D eigenvalue weighted by molar-refractivity contribution is 0.241. The molecule has 0 spiro atoms. The summed E-state index contributed by atoms with van der Waals surface area (Å²) in [5, 5.41) is 15.0. The number of benzene rings is 2. The molecule has 6 nitrogen and oxygen atoms in total. The third-order valence-electron chi connectivity index (χ3n) is 3.76. The highest BCUT2D eigenvalue weighted by Gasteiger charge is 2.14. The zero-order valence-electron chi connectivity index (χ0n) is 15.8. The highest BCUT2D eigenvalue weighted by atomic mass is 16.5. The van der Waals surface area contributed by atoms with E-state index in [0.29, 0.717) is 25.3 Å². The molecular weight excluding hydrogens is 342 g/mol. The first-order chi connectivity index (χ1) is 12.9. The number of amides is 2. The summed E-state index contributed by atoms with van der Waals surface area (Å²) >= 11 is 0. The van der Waals surface area contributed by atoms with Gasteiger partial charge in [-0.1, -0.05) is 36.9 Å². The van der Waals surface area contributed by atoms with Gasteiger partial charge in [-0.25, -0.2) is 4.79 Å². The Kier molecular flexibility index (Phi) is 7.70. The number of urea groups is 1. The Labute approximate surface area is 160 Å². The number of likely N-dealkylation sites (N-methyl/N-ethyl adjacent to an activating group) is 1. The zero-order valence-corrected chi connectivity index (χ0v) is 15.8. The van der Waals surface area contributed by atoms with Crippen LogP contribution in [0.15, 0.2) is 66.9 Å². The number of carbonyl (C=O) groups is 1. The maximum Gasteiger partial charge on any atom is 0.319 e. The zero-order chi connectivity index (χ0) is 19.6. The van der Waals surface area contributed by atoms with Gasteiger partial charge in [0.05, 0.1) is 11.8 Å². The van der Waals surface area contributed by atoms with E-state index in [4.69, 9.17) is 4.74 Å². The number of rotatable bonds is 9. The van der Waals surface area contributed by atoms with Crippen molar-refractivity contribution < 1.29 is 14.6 Å². The second-order valence-corrected chi connectivity index (χ2v) is 6.63. The lowest BCUT2D eigenvalue weighted by Gasteiger charge is -2.22. The molecule has 2 aromatic rings. The van der Waals surface area contributed by atoms with Crippen LogP contribution in [0.3, 0.4) is 0 Å². The summed E-state index contributed by atoms with van der Waals surface area (Å²) in [7, 11) is 3.81. The van der Waals surface area contributed by atoms with E-state index in [1.54, 1.807) is 12.1 Å². The summed E-state index contributed by atoms with van der Waals surface area (Å²) in [5.74, 6) is 0.772. The molecule has 0 aliphatic rings. The second-order valence-electron chi connectivity index (χ2n) is 6.63. The van der Waals surface area contributed by atoms with Crippen molar-refractivity contribution in [3.63, 3.8) is 0 Å². The minimum Gasteiger partial charge on any atom is -0.513 e. The standard InChI is InChI=1S/C21H27N3O3/c1-16(25)13-19(14-24(2)3)23-21(26)22-18-9-11-20(12-10-18)27-15-17-7-5-4-6-8-17/h4-12,19,25H,1,13-15H2,2-3H3,(H2,22,23,26)/t19-/m1/s1. The molecule has 2 aromatic carbocycles. The van der Waals surface area contributed by atoms with Crippen molar-refractivity contribution in [3.05, 3.63) is 72.5 Å². The van der Waals surface area contributed by atoms with Gasteiger partial charge in [-0.15, -0.1) is 0 Å². The molecule has 3 N–H and O–H groups in total. The van der Waals surface area contributed by atoms with Crippen LogP contribution in [0.1, 0.15) is 12.0 Å². The first-order valence-corrected chi connectivity index (χ1v) is 8.78. The second kappa shape index (κ2) is 10.2. The van der Waals surface area contributed by atoms with Crippen molar-refractivity contribution in [2.45, 2.75) is 19.1 Å². The summed E-state index contributed by atoms with van der Waals surface area (Å²) in [6.45, 7) is 4.58. The van der Waals surface area contributed by atoms with E-state index in [1.807, 2.05) is 61.5 Å². The Morgan fingerprint density at radius 1 is 1.15 bits per heavy atom. The first-order valence-electron chi connectivity index (χ1n) is 8.78. The third kappa shape index (κ3) is 7.83. The quantitative estimate of drug-likeness (QED) is 0.588. The van der Waals surface area contributed by atoms with Crippen LogP contribution in [-0.2, 0) is 6.61 Å². The van der Waals surface area contributed by atoms with Crippen molar-refractivity contribution in [1.29, 1.82) is 0 Å². The van der Waals surface area contributed by atoms with Gasteiger partial charge in [-0.05, 0) is 43.9 Å². The number of anilines is 1. The summed E-state index contributed by atoms with van der Waals surface area (Å²) in [4.78, 5) is 14.1. The minimum atomic E-state index is -0.332. The molecule has 0 aromatic heterocycles. The predicted octanol–water partition coefficient (Wildman–Crippen LogP) is 3.78. The molecule has 0 aliphatic carbocycles. The summed E-state index contributed by atoms with van der Waals surface area (Å²) in [5.41, 5.74) is 1.75. The predicted molar refractivity (Wildman–Crippen MR) is 108 cm³/mol. The van der Waals surface area contributed by atoms with Crippen molar-refractivity contribution in [3.8, 4) is 5.75 Å². The summed E-state index contributed by atoms with van der Waals surface area (Å²) < 4.78 is 5.73. The average Bonchev–Trinajstić information content (AvgIpc) is 2.60. The van der Waals surface area contributed by atoms with Crippen LogP contribution in [-0.4, -0.2) is 42.7 Å². The van der Waals surface area contributed by atoms with Crippen LogP contribution in [0.2, 0.25) is 0 Å². The SMILES string of the molecule is C=C(O)C[C@H](CN(C)C)NC(=O)Nc1ccc(OCc2ccccc2)cc1. The maximum absolute atomic E-state index is 12.2. The van der Waals surface area contributed by atoms with Gasteiger partial charge in [0, 0.05) is 18.7 Å². The molecule has 1 atom stereocenters. The van der Waals surface area contributed by atoms with Gasteiger partial charge in [0.1, 0.15) is 12.4 Å². The highest BCUT2D eigenvalue weighted by molar-refractivity contribution is 5.89. The van der Waals surface area contributed by atoms with Crippen LogP contribution in [0, 0.1) is 0 Å². The fourth-order valence-electron chi connectivity index (χ4n) is 2.61. The molecule has 2 rings (SSSR count). The van der Waals surface area contributed by atoms with Crippen LogP contribution in [0.5, 0.6) is 5.75 Å². The van der Waals surface area contributed by atoms with E-state index in [2.05, 4.69) is 17.2 Å². The fraction of sp³-hybridized carbons (Fsp3) is 0.286. The molecule has 27 heavy (non-hydrogen) atoms. The number of carbonyl (C=O) groups excluding carboxylic acids is 1. The Bertz CT molecular complexity index is 730. The maximum atomic E-state index is 12.2. The van der Waals surface area contributed by atoms with Gasteiger partial charge in [0.2, 0.25) is 0 Å². The van der Waals surface area contributed by atoms with E-state index < -0.39 is 0 Å². The minimum absolute atomic E-state index is 0.0436. The smallest absolute Gasteiger partial charge is 0.319 e. The molecule has 0 unspecified atom stereocenters. The van der Waals surface area contributed by atoms with Crippen molar-refractivity contribution in [1.82, 2.24) is 10.2 Å². The average molecular weight is 369 g/mol. The highest BCUT2D eigenvalue weighted by Crippen LogP contribution is 2.17. The molecule has 0 radical (unpaired) electrons. The van der Waals surface area contributed by atoms with Gasteiger partial charge in [-0.2, -0.15) is 0 Å². The van der Waals surface area contributed by atoms with E-state index in [0.717, 1.165) is 11.3 Å². The van der Waals surface area contributed by atoms with Crippen molar-refractivity contribution in [2.75, 3.05) is 26.0 Å². The third-order valence-corrected chi connectivity index (χ3v) is 3.76. The molecule has 6 heteroatoms. The monoisotopic (exact) mass is 369 g/mol. The molecule has 0 aliphatic heterocycles. The number of ether oxygens (including phenoxy) is 1. The van der Waals surface area contributed by atoms with Gasteiger partial charge in [-0.3, -0.25) is 0 Å². The molecule has 0 saturated heterocycles. The molecule has 0 saturated carbocycles. The topological polar surface area (TPSA) is 73.8 Å². The van der Waals surface area contributed by atoms with Gasteiger partial charge < -0.3 is 25.4 Å². The molecule has 0 bridgehead atoms. The Balaban J connectivity index is 1.85. The number of aliphatic hydroxyl groups excluding tert-OH is 1. The number of hydrogen-bond acceptors (Lipinski definition) is 4. The number of nitrogens with one attached hydrogen (secondary N) is 2. The molecule has 0 heterocycles. The van der Waals surface area contributed by atoms with Crippen molar-refractivity contribution in [2.24, 2.45) is 0 Å².